The molecule has 2 N–H and O–H groups in total. The average Bonchev–Trinajstić information content (AvgIpc) is 2.58. The highest BCUT2D eigenvalue weighted by Gasteiger charge is 2.34. The summed E-state index contributed by atoms with van der Waals surface area (Å²) in [6.45, 7) is 0. The second-order valence-electron chi connectivity index (χ2n) is 4.74. The first-order chi connectivity index (χ1) is 7.34. The molecule has 1 aromatic rings. The predicted octanol–water partition coefficient (Wildman–Crippen LogP) is 2.83. The molecule has 1 aliphatic carbocycles. The Labute approximate surface area is 95.4 Å². The molecule has 0 radical (unpaired) electrons. The van der Waals surface area contributed by atoms with Crippen molar-refractivity contribution in [3.8, 4) is 0 Å². The third-order valence-corrected chi connectivity index (χ3v) is 5.23. The zero-order valence-electron chi connectivity index (χ0n) is 8.86. The Morgan fingerprint density at radius 1 is 1.27 bits per heavy atom. The number of fused-ring (bicyclic) bond motifs is 1. The van der Waals surface area contributed by atoms with Gasteiger partial charge in [0, 0.05) is 16.2 Å². The number of hydrogen-bond acceptors (Lipinski definition) is 2. The van der Waals surface area contributed by atoms with Gasteiger partial charge in [-0.3, -0.25) is 0 Å². The molecule has 1 saturated carbocycles. The first kappa shape index (κ1) is 9.73. The molecule has 2 unspecified atom stereocenters. The number of benzene rings is 1. The largest absolute Gasteiger partial charge is 0.326 e. The minimum atomic E-state index is 0.413. The third kappa shape index (κ3) is 1.70. The van der Waals surface area contributed by atoms with Crippen molar-refractivity contribution in [3.63, 3.8) is 0 Å². The molecular formula is C13H17NS. The summed E-state index contributed by atoms with van der Waals surface area (Å²) in [4.78, 5) is 1.46. The van der Waals surface area contributed by atoms with Crippen LogP contribution >= 0.6 is 11.8 Å². The van der Waals surface area contributed by atoms with Crippen LogP contribution in [-0.2, 0) is 6.42 Å². The summed E-state index contributed by atoms with van der Waals surface area (Å²) in [7, 11) is 0. The van der Waals surface area contributed by atoms with Gasteiger partial charge in [0.2, 0.25) is 0 Å². The summed E-state index contributed by atoms with van der Waals surface area (Å²) >= 11 is 2.00. The molecule has 1 heterocycles. The molecule has 1 nitrogen and oxygen atoms in total. The zero-order chi connectivity index (χ0) is 10.3. The van der Waals surface area contributed by atoms with E-state index in [1.54, 1.807) is 0 Å². The van der Waals surface area contributed by atoms with Gasteiger partial charge >= 0.3 is 0 Å². The average molecular weight is 219 g/mol. The molecule has 0 saturated heterocycles. The summed E-state index contributed by atoms with van der Waals surface area (Å²) in [5.41, 5.74) is 7.84. The number of nitrogens with two attached hydrogens (primary N) is 1. The molecule has 2 atom stereocenters. The Morgan fingerprint density at radius 3 is 2.73 bits per heavy atom. The molecule has 0 spiro atoms. The van der Waals surface area contributed by atoms with E-state index in [0.29, 0.717) is 11.3 Å². The van der Waals surface area contributed by atoms with E-state index in [1.165, 1.54) is 36.1 Å². The van der Waals surface area contributed by atoms with Gasteiger partial charge in [-0.05, 0) is 36.8 Å². The van der Waals surface area contributed by atoms with Crippen molar-refractivity contribution in [2.75, 3.05) is 0 Å². The van der Waals surface area contributed by atoms with Gasteiger partial charge in [0.1, 0.15) is 0 Å². The highest BCUT2D eigenvalue weighted by atomic mass is 32.2. The van der Waals surface area contributed by atoms with E-state index in [0.717, 1.165) is 5.92 Å². The minimum Gasteiger partial charge on any atom is -0.326 e. The van der Waals surface area contributed by atoms with Crippen molar-refractivity contribution < 1.29 is 0 Å². The normalized spacial score (nSPS) is 27.1. The molecule has 1 fully saturated rings. The lowest BCUT2D eigenvalue weighted by Crippen LogP contribution is -2.42. The second-order valence-corrected chi connectivity index (χ2v) is 6.02. The Morgan fingerprint density at radius 2 is 2.07 bits per heavy atom. The summed E-state index contributed by atoms with van der Waals surface area (Å²) < 4.78 is 0. The highest BCUT2D eigenvalue weighted by molar-refractivity contribution is 8.00. The molecular weight excluding hydrogens is 202 g/mol. The monoisotopic (exact) mass is 219 g/mol. The summed E-state index contributed by atoms with van der Waals surface area (Å²) in [5.74, 6) is 0.803. The zero-order valence-corrected chi connectivity index (χ0v) is 9.67. The van der Waals surface area contributed by atoms with Crippen molar-refractivity contribution in [1.82, 2.24) is 0 Å². The Bertz CT molecular complexity index is 334. The third-order valence-electron chi connectivity index (χ3n) is 3.80. The van der Waals surface area contributed by atoms with E-state index in [1.807, 2.05) is 11.8 Å². The van der Waals surface area contributed by atoms with Crippen molar-refractivity contribution in [2.24, 2.45) is 11.7 Å². The van der Waals surface area contributed by atoms with Crippen molar-refractivity contribution in [3.05, 3.63) is 29.8 Å². The summed E-state index contributed by atoms with van der Waals surface area (Å²) in [6, 6.07) is 9.15. The summed E-state index contributed by atoms with van der Waals surface area (Å²) in [6.07, 6.45) is 5.28. The smallest absolute Gasteiger partial charge is 0.0289 e. The van der Waals surface area contributed by atoms with Crippen LogP contribution in [0.2, 0.25) is 0 Å². The molecule has 1 aliphatic heterocycles. The van der Waals surface area contributed by atoms with E-state index in [9.17, 15) is 0 Å². The lowest BCUT2D eigenvalue weighted by atomic mass is 9.78. The van der Waals surface area contributed by atoms with Crippen LogP contribution in [0, 0.1) is 5.92 Å². The van der Waals surface area contributed by atoms with Gasteiger partial charge in [0.05, 0.1) is 0 Å². The van der Waals surface area contributed by atoms with Crippen LogP contribution in [0.1, 0.15) is 24.8 Å². The fourth-order valence-corrected chi connectivity index (χ4v) is 3.98. The van der Waals surface area contributed by atoms with Crippen molar-refractivity contribution >= 4 is 11.8 Å². The molecule has 1 aromatic carbocycles. The fourth-order valence-electron chi connectivity index (χ4n) is 2.55. The molecule has 0 bridgehead atoms. The van der Waals surface area contributed by atoms with Gasteiger partial charge < -0.3 is 5.73 Å². The number of thioether (sulfide) groups is 1. The topological polar surface area (TPSA) is 26.0 Å². The first-order valence-corrected chi connectivity index (χ1v) is 6.73. The maximum absolute atomic E-state index is 6.34. The molecule has 0 amide bonds. The van der Waals surface area contributed by atoms with E-state index in [4.69, 9.17) is 5.73 Å². The van der Waals surface area contributed by atoms with Crippen LogP contribution in [0.25, 0.3) is 0 Å². The van der Waals surface area contributed by atoms with E-state index >= 15 is 0 Å². The standard InChI is InChI=1S/C13H17NS/c14-13(9-5-3-6-9)12-8-10-4-1-2-7-11(10)15-12/h1-2,4,7,9,12-13H,3,5-6,8,14H2. The molecule has 80 valence electrons. The van der Waals surface area contributed by atoms with E-state index in [2.05, 4.69) is 24.3 Å². The minimum absolute atomic E-state index is 0.413. The van der Waals surface area contributed by atoms with Gasteiger partial charge in [-0.25, -0.2) is 0 Å². The predicted molar refractivity (Wildman–Crippen MR) is 65.1 cm³/mol. The van der Waals surface area contributed by atoms with Gasteiger partial charge in [-0.15, -0.1) is 11.8 Å². The number of rotatable bonds is 2. The van der Waals surface area contributed by atoms with Crippen LogP contribution in [0.3, 0.4) is 0 Å². The van der Waals surface area contributed by atoms with Crippen molar-refractivity contribution in [2.45, 2.75) is 41.9 Å². The van der Waals surface area contributed by atoms with Gasteiger partial charge in [-0.2, -0.15) is 0 Å². The highest BCUT2D eigenvalue weighted by Crippen LogP contribution is 2.42. The first-order valence-electron chi connectivity index (χ1n) is 5.85. The lowest BCUT2D eigenvalue weighted by Gasteiger charge is -2.34. The Balaban J connectivity index is 1.72. The van der Waals surface area contributed by atoms with Crippen molar-refractivity contribution in [1.29, 1.82) is 0 Å². The lowest BCUT2D eigenvalue weighted by molar-refractivity contribution is 0.258. The summed E-state index contributed by atoms with van der Waals surface area (Å²) in [5, 5.41) is 0.632. The van der Waals surface area contributed by atoms with Crippen LogP contribution in [0.4, 0.5) is 0 Å². The second kappa shape index (κ2) is 3.84. The Hall–Kier alpha value is -0.470. The quantitative estimate of drug-likeness (QED) is 0.827. The van der Waals surface area contributed by atoms with Gasteiger partial charge in [0.25, 0.3) is 0 Å². The fraction of sp³-hybridized carbons (Fsp3) is 0.538. The maximum atomic E-state index is 6.34. The van der Waals surface area contributed by atoms with Crippen LogP contribution in [-0.4, -0.2) is 11.3 Å². The SMILES string of the molecule is NC(C1CCC1)C1Cc2ccccc2S1. The molecule has 3 rings (SSSR count). The molecule has 2 aliphatic rings. The van der Waals surface area contributed by atoms with Crippen LogP contribution in [0.5, 0.6) is 0 Å². The maximum Gasteiger partial charge on any atom is 0.0289 e. The molecule has 15 heavy (non-hydrogen) atoms. The van der Waals surface area contributed by atoms with Crippen LogP contribution in [0.15, 0.2) is 29.2 Å². The van der Waals surface area contributed by atoms with Crippen LogP contribution < -0.4 is 5.73 Å². The van der Waals surface area contributed by atoms with E-state index < -0.39 is 0 Å². The van der Waals surface area contributed by atoms with Gasteiger partial charge in [-0.1, -0.05) is 24.6 Å². The van der Waals surface area contributed by atoms with E-state index in [-0.39, 0.29) is 0 Å². The van der Waals surface area contributed by atoms with Gasteiger partial charge in [0.15, 0.2) is 0 Å². The number of hydrogen-bond donors (Lipinski definition) is 1. The Kier molecular flexibility index (Phi) is 2.49. The molecule has 2 heteroatoms. The molecule has 0 aromatic heterocycles.